The Hall–Kier alpha value is -4.67. The van der Waals surface area contributed by atoms with Crippen LogP contribution < -0.4 is 14.8 Å². The Morgan fingerprint density at radius 3 is 2.54 bits per heavy atom. The number of pyridine rings is 2. The van der Waals surface area contributed by atoms with Gasteiger partial charge in [0.05, 0.1) is 17.7 Å². The predicted molar refractivity (Wildman–Crippen MR) is 126 cm³/mol. The van der Waals surface area contributed by atoms with Crippen molar-refractivity contribution in [1.29, 1.82) is 0 Å². The second kappa shape index (κ2) is 10.5. The Morgan fingerprint density at radius 2 is 1.81 bits per heavy atom. The molecule has 0 unspecified atom stereocenters. The fraction of sp³-hybridized carbons (Fsp3) is 0.154. The summed E-state index contributed by atoms with van der Waals surface area (Å²) in [6.07, 6.45) is -1.41. The molecule has 1 amide bonds. The SMILES string of the molecule is O=C(N[C@]1(c2ccc(OC(F)(F)F)cc2)CCOc2cccnc21)c1cnc2ccccc2c1.O=CO. The van der Waals surface area contributed by atoms with Gasteiger partial charge in [0.25, 0.3) is 12.4 Å². The van der Waals surface area contributed by atoms with Crippen molar-refractivity contribution in [2.75, 3.05) is 6.61 Å². The Bertz CT molecular complexity index is 1410. The van der Waals surface area contributed by atoms with Crippen LogP contribution in [0.5, 0.6) is 11.5 Å². The second-order valence-electron chi connectivity index (χ2n) is 7.90. The molecule has 1 aliphatic rings. The van der Waals surface area contributed by atoms with Crippen LogP contribution in [-0.2, 0) is 10.3 Å². The molecule has 0 radical (unpaired) electrons. The highest BCUT2D eigenvalue weighted by Crippen LogP contribution is 2.41. The molecule has 0 spiro atoms. The van der Waals surface area contributed by atoms with E-state index in [9.17, 15) is 18.0 Å². The number of aromatic nitrogens is 2. The first-order valence-electron chi connectivity index (χ1n) is 11.0. The van der Waals surface area contributed by atoms with Crippen molar-refractivity contribution >= 4 is 23.3 Å². The van der Waals surface area contributed by atoms with E-state index in [1.807, 2.05) is 24.3 Å². The van der Waals surface area contributed by atoms with E-state index in [1.165, 1.54) is 30.5 Å². The van der Waals surface area contributed by atoms with Crippen LogP contribution in [0.4, 0.5) is 13.2 Å². The molecule has 4 aromatic rings. The number of ether oxygens (including phenoxy) is 2. The molecule has 0 aliphatic carbocycles. The maximum Gasteiger partial charge on any atom is 0.573 e. The molecule has 0 saturated carbocycles. The van der Waals surface area contributed by atoms with E-state index in [0.29, 0.717) is 29.0 Å². The summed E-state index contributed by atoms with van der Waals surface area (Å²) < 4.78 is 47.6. The minimum atomic E-state index is -4.80. The van der Waals surface area contributed by atoms with Gasteiger partial charge in [0.2, 0.25) is 0 Å². The number of alkyl halides is 3. The number of nitrogens with one attached hydrogen (secondary N) is 1. The zero-order valence-corrected chi connectivity index (χ0v) is 19.1. The van der Waals surface area contributed by atoms with Crippen molar-refractivity contribution in [3.8, 4) is 11.5 Å². The van der Waals surface area contributed by atoms with Gasteiger partial charge in [-0.15, -0.1) is 13.2 Å². The van der Waals surface area contributed by atoms with Gasteiger partial charge in [-0.05, 0) is 42.0 Å². The van der Waals surface area contributed by atoms with Gasteiger partial charge in [0.1, 0.15) is 22.7 Å². The van der Waals surface area contributed by atoms with Crippen molar-refractivity contribution in [3.05, 3.63) is 95.9 Å². The number of halogens is 3. The molecule has 190 valence electrons. The molecule has 3 heterocycles. The first kappa shape index (κ1) is 25.4. The summed E-state index contributed by atoms with van der Waals surface area (Å²) >= 11 is 0. The lowest BCUT2D eigenvalue weighted by atomic mass is 9.81. The van der Waals surface area contributed by atoms with Gasteiger partial charge < -0.3 is 19.9 Å². The molecule has 11 heteroatoms. The average molecular weight is 511 g/mol. The van der Waals surface area contributed by atoms with E-state index in [0.717, 1.165) is 10.9 Å². The third-order valence-electron chi connectivity index (χ3n) is 5.67. The largest absolute Gasteiger partial charge is 0.573 e. The van der Waals surface area contributed by atoms with Gasteiger partial charge in [-0.3, -0.25) is 19.6 Å². The summed E-state index contributed by atoms with van der Waals surface area (Å²) in [5.41, 5.74) is 0.986. The number of carbonyl (C=O) groups excluding carboxylic acids is 1. The summed E-state index contributed by atoms with van der Waals surface area (Å²) in [5, 5.41) is 10.8. The highest BCUT2D eigenvalue weighted by molar-refractivity contribution is 5.98. The molecule has 2 N–H and O–H groups in total. The number of hydrogen-bond donors (Lipinski definition) is 2. The standard InChI is InChI=1S/C25H18F3N3O3.CH2O2/c26-25(27,28)34-19-9-7-18(8-10-19)24(11-13-33-21-6-3-12-29-22(21)24)31-23(32)17-14-16-4-1-2-5-20(16)30-15-17;2-1-3/h1-10,12,14-15H,11,13H2,(H,31,32);1H,(H,2,3)/t24-;/m0./s1. The predicted octanol–water partition coefficient (Wildman–Crippen LogP) is 4.69. The molecule has 0 bridgehead atoms. The van der Waals surface area contributed by atoms with Crippen molar-refractivity contribution in [3.63, 3.8) is 0 Å². The van der Waals surface area contributed by atoms with E-state index in [2.05, 4.69) is 20.0 Å². The molecule has 0 fully saturated rings. The van der Waals surface area contributed by atoms with Crippen LogP contribution in [0.3, 0.4) is 0 Å². The molecule has 2 aromatic carbocycles. The van der Waals surface area contributed by atoms with E-state index < -0.39 is 17.8 Å². The molecule has 5 rings (SSSR count). The second-order valence-corrected chi connectivity index (χ2v) is 7.90. The molecule has 8 nitrogen and oxygen atoms in total. The van der Waals surface area contributed by atoms with Crippen molar-refractivity contribution in [1.82, 2.24) is 15.3 Å². The summed E-state index contributed by atoms with van der Waals surface area (Å²) in [6.45, 7) is 0.0236. The zero-order chi connectivity index (χ0) is 26.5. The third kappa shape index (κ3) is 5.61. The summed E-state index contributed by atoms with van der Waals surface area (Å²) in [6, 6.07) is 18.0. The fourth-order valence-electron chi connectivity index (χ4n) is 4.14. The van der Waals surface area contributed by atoms with Crippen molar-refractivity contribution in [2.24, 2.45) is 0 Å². The molecule has 37 heavy (non-hydrogen) atoms. The van der Waals surface area contributed by atoms with E-state index in [-0.39, 0.29) is 18.8 Å². The van der Waals surface area contributed by atoms with Crippen molar-refractivity contribution < 1.29 is 37.3 Å². The van der Waals surface area contributed by atoms with Crippen LogP contribution in [0.2, 0.25) is 0 Å². The summed E-state index contributed by atoms with van der Waals surface area (Å²) in [5.74, 6) is -0.265. The fourth-order valence-corrected chi connectivity index (χ4v) is 4.14. The van der Waals surface area contributed by atoms with Gasteiger partial charge >= 0.3 is 6.36 Å². The quantitative estimate of drug-likeness (QED) is 0.383. The number of hydrogen-bond acceptors (Lipinski definition) is 6. The number of nitrogens with zero attached hydrogens (tertiary/aromatic N) is 2. The molecular weight excluding hydrogens is 491 g/mol. The van der Waals surface area contributed by atoms with Crippen LogP contribution in [0.15, 0.2) is 79.1 Å². The Labute approximate surface area is 208 Å². The zero-order valence-electron chi connectivity index (χ0n) is 19.1. The van der Waals surface area contributed by atoms with Crippen LogP contribution in [0.25, 0.3) is 10.9 Å². The number of para-hydroxylation sites is 1. The van der Waals surface area contributed by atoms with E-state index in [1.54, 1.807) is 24.4 Å². The van der Waals surface area contributed by atoms with E-state index >= 15 is 0 Å². The van der Waals surface area contributed by atoms with Crippen LogP contribution in [0.1, 0.15) is 28.0 Å². The van der Waals surface area contributed by atoms with Gasteiger partial charge in [-0.25, -0.2) is 0 Å². The number of carbonyl (C=O) groups is 2. The van der Waals surface area contributed by atoms with Gasteiger partial charge in [0.15, 0.2) is 0 Å². The Morgan fingerprint density at radius 1 is 1.08 bits per heavy atom. The lowest BCUT2D eigenvalue weighted by molar-refractivity contribution is -0.274. The van der Waals surface area contributed by atoms with Crippen molar-refractivity contribution in [2.45, 2.75) is 18.3 Å². The number of fused-ring (bicyclic) bond motifs is 2. The normalized spacial score (nSPS) is 16.4. The number of carboxylic acid groups (broad SMARTS) is 1. The first-order chi connectivity index (χ1) is 17.8. The highest BCUT2D eigenvalue weighted by Gasteiger charge is 2.43. The van der Waals surface area contributed by atoms with Gasteiger partial charge in [0, 0.05) is 24.2 Å². The first-order valence-corrected chi connectivity index (χ1v) is 11.0. The maximum absolute atomic E-state index is 13.4. The molecular formula is C26H20F3N3O5. The third-order valence-corrected chi connectivity index (χ3v) is 5.67. The summed E-state index contributed by atoms with van der Waals surface area (Å²) in [7, 11) is 0. The highest BCUT2D eigenvalue weighted by atomic mass is 19.4. The summed E-state index contributed by atoms with van der Waals surface area (Å²) in [4.78, 5) is 30.6. The van der Waals surface area contributed by atoms with E-state index in [4.69, 9.17) is 14.6 Å². The lowest BCUT2D eigenvalue weighted by Crippen LogP contribution is -2.50. The number of rotatable bonds is 4. The molecule has 1 aliphatic heterocycles. The molecule has 0 saturated heterocycles. The van der Waals surface area contributed by atoms with Crippen LogP contribution in [0, 0.1) is 0 Å². The monoisotopic (exact) mass is 511 g/mol. The maximum atomic E-state index is 13.4. The number of amides is 1. The average Bonchev–Trinajstić information content (AvgIpc) is 2.88. The lowest BCUT2D eigenvalue weighted by Gasteiger charge is -2.39. The van der Waals surface area contributed by atoms with Crippen LogP contribution >= 0.6 is 0 Å². The smallest absolute Gasteiger partial charge is 0.491 e. The topological polar surface area (TPSA) is 111 Å². The van der Waals surface area contributed by atoms with Gasteiger partial charge in [-0.1, -0.05) is 30.3 Å². The molecule has 2 aromatic heterocycles. The Kier molecular flexibility index (Phi) is 7.23. The van der Waals surface area contributed by atoms with Crippen LogP contribution in [-0.4, -0.2) is 40.4 Å². The molecule has 1 atom stereocenters. The minimum absolute atomic E-state index is 0.250. The number of benzene rings is 2. The van der Waals surface area contributed by atoms with Gasteiger partial charge in [-0.2, -0.15) is 0 Å². The minimum Gasteiger partial charge on any atom is -0.491 e. The Balaban J connectivity index is 0.00000102.